The first-order valence-electron chi connectivity index (χ1n) is 9.06. The van der Waals surface area contributed by atoms with Gasteiger partial charge >= 0.3 is 6.36 Å². The number of aromatic nitrogens is 4. The van der Waals surface area contributed by atoms with Crippen LogP contribution >= 0.6 is 11.6 Å². The van der Waals surface area contributed by atoms with Gasteiger partial charge in [-0.2, -0.15) is 0 Å². The van der Waals surface area contributed by atoms with Crippen molar-refractivity contribution in [2.75, 3.05) is 13.2 Å². The Labute approximate surface area is 175 Å². The van der Waals surface area contributed by atoms with E-state index in [1.807, 2.05) is 0 Å². The number of halogens is 4. The molecule has 8 nitrogen and oxygen atoms in total. The van der Waals surface area contributed by atoms with Crippen molar-refractivity contribution in [3.05, 3.63) is 41.7 Å². The summed E-state index contributed by atoms with van der Waals surface area (Å²) in [5, 5.41) is 15.4. The summed E-state index contributed by atoms with van der Waals surface area (Å²) in [7, 11) is 0. The van der Waals surface area contributed by atoms with Gasteiger partial charge in [-0.05, 0) is 41.5 Å². The summed E-state index contributed by atoms with van der Waals surface area (Å²) in [5.74, 6) is -0.0265. The molecule has 1 heterocycles. The number of tetrazole rings is 1. The number of hydrogen-bond acceptors (Lipinski definition) is 6. The maximum atomic E-state index is 12.0. The van der Waals surface area contributed by atoms with Gasteiger partial charge in [-0.15, -0.1) is 28.2 Å². The Morgan fingerprint density at radius 3 is 2.63 bits per heavy atom. The van der Waals surface area contributed by atoms with Gasteiger partial charge in [0.25, 0.3) is 0 Å². The number of nitrogens with one attached hydrogen (secondary N) is 1. The zero-order valence-electron chi connectivity index (χ0n) is 15.7. The number of alkyl halides is 3. The fourth-order valence-electron chi connectivity index (χ4n) is 2.69. The number of amides is 1. The van der Waals surface area contributed by atoms with E-state index >= 15 is 0 Å². The molecule has 0 spiro atoms. The number of hydrogen-bond donors (Lipinski definition) is 1. The molecule has 2 aromatic rings. The predicted molar refractivity (Wildman–Crippen MR) is 101 cm³/mol. The third-order valence-corrected chi connectivity index (χ3v) is 4.59. The molecule has 0 saturated heterocycles. The molecule has 1 saturated carbocycles. The molecule has 0 unspecified atom stereocenters. The lowest BCUT2D eigenvalue weighted by atomic mass is 9.92. The van der Waals surface area contributed by atoms with Crippen LogP contribution in [-0.4, -0.2) is 57.8 Å². The van der Waals surface area contributed by atoms with E-state index in [4.69, 9.17) is 16.3 Å². The van der Waals surface area contributed by atoms with E-state index in [1.54, 1.807) is 24.3 Å². The van der Waals surface area contributed by atoms with Gasteiger partial charge in [0.2, 0.25) is 11.7 Å². The molecule has 1 N–H and O–H groups in total. The van der Waals surface area contributed by atoms with Gasteiger partial charge in [0.05, 0.1) is 17.9 Å². The van der Waals surface area contributed by atoms with E-state index < -0.39 is 18.6 Å². The van der Waals surface area contributed by atoms with Gasteiger partial charge in [-0.3, -0.25) is 9.53 Å². The molecular weight excluding hydrogens is 427 g/mol. The minimum atomic E-state index is -4.65. The monoisotopic (exact) mass is 445 g/mol. The Morgan fingerprint density at radius 2 is 1.97 bits per heavy atom. The summed E-state index contributed by atoms with van der Waals surface area (Å²) >= 11 is 5.85. The summed E-state index contributed by atoms with van der Waals surface area (Å²) in [6, 6.07) is 6.91. The van der Waals surface area contributed by atoms with E-state index in [-0.39, 0.29) is 31.9 Å². The molecule has 30 heavy (non-hydrogen) atoms. The average molecular weight is 446 g/mol. The van der Waals surface area contributed by atoms with Gasteiger partial charge < -0.3 is 10.1 Å². The fraction of sp³-hybridized carbons (Fsp3) is 0.444. The van der Waals surface area contributed by atoms with Crippen molar-refractivity contribution in [1.82, 2.24) is 25.5 Å². The highest BCUT2D eigenvalue weighted by Crippen LogP contribution is 2.31. The van der Waals surface area contributed by atoms with Crippen molar-refractivity contribution in [3.63, 3.8) is 0 Å². The average Bonchev–Trinajstić information content (AvgIpc) is 3.13. The molecule has 1 aliphatic rings. The summed E-state index contributed by atoms with van der Waals surface area (Å²) in [5.41, 5.74) is 1.28. The number of carbonyl (C=O) groups is 1. The van der Waals surface area contributed by atoms with Gasteiger partial charge in [-0.1, -0.05) is 18.2 Å². The highest BCUT2D eigenvalue weighted by molar-refractivity contribution is 6.30. The summed E-state index contributed by atoms with van der Waals surface area (Å²) in [4.78, 5) is 13.1. The van der Waals surface area contributed by atoms with Crippen LogP contribution in [0, 0.1) is 0 Å². The smallest absolute Gasteiger partial charge is 0.368 e. The quantitative estimate of drug-likeness (QED) is 0.638. The van der Waals surface area contributed by atoms with Gasteiger partial charge in [-0.25, -0.2) is 0 Å². The number of nitrogens with zero attached hydrogens (tertiary/aromatic N) is 4. The molecule has 1 aliphatic carbocycles. The first kappa shape index (κ1) is 22.2. The third kappa shape index (κ3) is 6.51. The molecule has 1 fully saturated rings. The minimum absolute atomic E-state index is 0.110. The first-order chi connectivity index (χ1) is 14.2. The van der Waals surface area contributed by atoms with Crippen LogP contribution in [-0.2, 0) is 14.3 Å². The van der Waals surface area contributed by atoms with Crippen molar-refractivity contribution in [1.29, 1.82) is 0 Å². The van der Waals surface area contributed by atoms with Gasteiger partial charge in [0, 0.05) is 24.4 Å². The predicted octanol–water partition coefficient (Wildman–Crippen LogP) is 2.92. The van der Waals surface area contributed by atoms with Crippen LogP contribution in [0.5, 0.6) is 0 Å². The highest BCUT2D eigenvalue weighted by Gasteiger charge is 2.40. The largest absolute Gasteiger partial charge is 0.522 e. The Hall–Kier alpha value is -2.50. The van der Waals surface area contributed by atoms with Crippen LogP contribution in [0.3, 0.4) is 0 Å². The van der Waals surface area contributed by atoms with E-state index in [0.717, 1.165) is 0 Å². The number of carbonyl (C=O) groups excluding carboxylic acids is 1. The minimum Gasteiger partial charge on any atom is -0.368 e. The number of benzene rings is 1. The van der Waals surface area contributed by atoms with Crippen LogP contribution in [0.2, 0.25) is 5.02 Å². The van der Waals surface area contributed by atoms with Crippen LogP contribution in [0.25, 0.3) is 11.3 Å². The lowest BCUT2D eigenvalue weighted by molar-refractivity contribution is -0.357. The lowest BCUT2D eigenvalue weighted by Crippen LogP contribution is -2.42. The summed E-state index contributed by atoms with van der Waals surface area (Å²) in [6.45, 7) is 3.93. The Balaban J connectivity index is 1.33. The molecule has 0 aliphatic heterocycles. The standard InChI is InChI=1S/C18H19ClF3N5O3/c1-11(17-24-26-27(25-17)13-4-2-12(19)3-5-13)6-7-23-16(28)10-29-14-8-15(9-14)30-18(20,21)22/h2-5,14-15H,1,6-10H2,(H,23,28). The van der Waals surface area contributed by atoms with Crippen LogP contribution in [0.1, 0.15) is 25.1 Å². The molecular formula is C18H19ClF3N5O3. The Morgan fingerprint density at radius 1 is 1.27 bits per heavy atom. The molecule has 0 radical (unpaired) electrons. The summed E-state index contributed by atoms with van der Waals surface area (Å²) in [6.07, 6.45) is -5.36. The first-order valence-corrected chi connectivity index (χ1v) is 9.44. The van der Waals surface area contributed by atoms with E-state index in [2.05, 4.69) is 32.0 Å². The highest BCUT2D eigenvalue weighted by atomic mass is 35.5. The Kier molecular flexibility index (Phi) is 7.06. The Bertz CT molecular complexity index is 882. The molecule has 1 aromatic heterocycles. The SMILES string of the molecule is C=C(CCNC(=O)COC1CC(OC(F)(F)F)C1)c1nnn(-c2ccc(Cl)cc2)n1. The zero-order valence-corrected chi connectivity index (χ0v) is 16.5. The van der Waals surface area contributed by atoms with Crippen molar-refractivity contribution >= 4 is 23.1 Å². The number of ether oxygens (including phenoxy) is 2. The molecule has 12 heteroatoms. The van der Waals surface area contributed by atoms with E-state index in [0.29, 0.717) is 28.5 Å². The number of rotatable bonds is 9. The third-order valence-electron chi connectivity index (χ3n) is 4.34. The molecule has 0 atom stereocenters. The summed E-state index contributed by atoms with van der Waals surface area (Å²) < 4.78 is 45.3. The maximum absolute atomic E-state index is 12.0. The molecule has 162 valence electrons. The zero-order chi connectivity index (χ0) is 21.7. The second-order valence-corrected chi connectivity index (χ2v) is 7.11. The van der Waals surface area contributed by atoms with Crippen molar-refractivity contribution in [2.45, 2.75) is 37.8 Å². The topological polar surface area (TPSA) is 91.2 Å². The second kappa shape index (κ2) is 9.54. The van der Waals surface area contributed by atoms with Crippen LogP contribution < -0.4 is 5.32 Å². The molecule has 3 rings (SSSR count). The fourth-order valence-corrected chi connectivity index (χ4v) is 2.81. The van der Waals surface area contributed by atoms with Crippen molar-refractivity contribution in [3.8, 4) is 5.69 Å². The second-order valence-electron chi connectivity index (χ2n) is 6.67. The molecule has 1 amide bonds. The lowest BCUT2D eigenvalue weighted by Gasteiger charge is -2.34. The van der Waals surface area contributed by atoms with Gasteiger partial charge in [0.15, 0.2) is 0 Å². The van der Waals surface area contributed by atoms with E-state index in [1.165, 1.54) is 4.80 Å². The van der Waals surface area contributed by atoms with E-state index in [9.17, 15) is 18.0 Å². The van der Waals surface area contributed by atoms with Crippen LogP contribution in [0.4, 0.5) is 13.2 Å². The van der Waals surface area contributed by atoms with Crippen LogP contribution in [0.15, 0.2) is 30.8 Å². The van der Waals surface area contributed by atoms with Gasteiger partial charge in [0.1, 0.15) is 6.61 Å². The molecule has 0 bridgehead atoms. The normalized spacial score (nSPS) is 18.7. The maximum Gasteiger partial charge on any atom is 0.522 e. The van der Waals surface area contributed by atoms with Crippen molar-refractivity contribution in [2.24, 2.45) is 0 Å². The van der Waals surface area contributed by atoms with Crippen molar-refractivity contribution < 1.29 is 27.4 Å². The molecule has 1 aromatic carbocycles.